The Kier molecular flexibility index (Phi) is 5.92. The van der Waals surface area contributed by atoms with Crippen molar-refractivity contribution in [2.75, 3.05) is 22.9 Å². The van der Waals surface area contributed by atoms with E-state index in [0.717, 1.165) is 17.3 Å². The molecule has 7 nitrogen and oxygen atoms in total. The molecule has 0 radical (unpaired) electrons. The summed E-state index contributed by atoms with van der Waals surface area (Å²) in [6, 6.07) is 9.20. The number of hydrogen-bond donors (Lipinski definition) is 2. The van der Waals surface area contributed by atoms with Gasteiger partial charge >= 0.3 is 0 Å². The molecule has 0 aliphatic carbocycles. The van der Waals surface area contributed by atoms with E-state index in [1.807, 2.05) is 13.0 Å². The lowest BCUT2D eigenvalue weighted by molar-refractivity contribution is -0.149. The molecule has 2 aliphatic rings. The van der Waals surface area contributed by atoms with Gasteiger partial charge in [0.2, 0.25) is 11.5 Å². The Bertz CT molecular complexity index is 1090. The van der Waals surface area contributed by atoms with E-state index in [1.54, 1.807) is 17.0 Å². The van der Waals surface area contributed by atoms with Gasteiger partial charge in [-0.3, -0.25) is 14.4 Å². The van der Waals surface area contributed by atoms with Crippen LogP contribution in [0, 0.1) is 5.82 Å². The maximum absolute atomic E-state index is 13.5. The van der Waals surface area contributed by atoms with Crippen LogP contribution in [0.15, 0.2) is 36.4 Å². The highest BCUT2D eigenvalue weighted by Crippen LogP contribution is 2.35. The molecule has 2 aliphatic heterocycles. The maximum Gasteiger partial charge on any atom is 0.268 e. The van der Waals surface area contributed by atoms with Gasteiger partial charge in [-0.25, -0.2) is 4.39 Å². The minimum absolute atomic E-state index is 0.0411. The number of carbonyl (C=O) groups is 3. The van der Waals surface area contributed by atoms with Crippen LogP contribution in [0.3, 0.4) is 0 Å². The Morgan fingerprint density at radius 1 is 1.22 bits per heavy atom. The number of rotatable bonds is 5. The van der Waals surface area contributed by atoms with Crippen LogP contribution in [-0.4, -0.2) is 41.5 Å². The number of halogens is 2. The average Bonchev–Trinajstić information content (AvgIpc) is 3.32. The molecule has 0 unspecified atom stereocenters. The SMILES string of the molecule is CCC(=O)N1CCc2cc(N3CC[C@](O)(C(=O)NCc4cc(F)cc(Cl)c4)C3=O)ccc21. The molecule has 1 atom stereocenters. The minimum atomic E-state index is -2.21. The van der Waals surface area contributed by atoms with Crippen LogP contribution >= 0.6 is 11.6 Å². The zero-order valence-electron chi connectivity index (χ0n) is 17.5. The lowest BCUT2D eigenvalue weighted by atomic mass is 10.0. The molecule has 3 amide bonds. The predicted molar refractivity (Wildman–Crippen MR) is 118 cm³/mol. The Hall–Kier alpha value is -2.97. The van der Waals surface area contributed by atoms with Gasteiger partial charge in [-0.1, -0.05) is 18.5 Å². The number of carbonyl (C=O) groups excluding carboxylic acids is 3. The molecular weight excluding hydrogens is 437 g/mol. The first-order chi connectivity index (χ1) is 15.2. The molecule has 0 bridgehead atoms. The highest BCUT2D eigenvalue weighted by atomic mass is 35.5. The summed E-state index contributed by atoms with van der Waals surface area (Å²) >= 11 is 5.82. The molecule has 2 aromatic rings. The number of amides is 3. The highest BCUT2D eigenvalue weighted by Gasteiger charge is 2.51. The fraction of sp³-hybridized carbons (Fsp3) is 0.348. The van der Waals surface area contributed by atoms with E-state index < -0.39 is 23.2 Å². The number of nitrogens with one attached hydrogen (secondary N) is 1. The third-order valence-electron chi connectivity index (χ3n) is 5.92. The fourth-order valence-electron chi connectivity index (χ4n) is 4.21. The zero-order valence-corrected chi connectivity index (χ0v) is 18.3. The number of aliphatic hydroxyl groups is 1. The van der Waals surface area contributed by atoms with E-state index >= 15 is 0 Å². The second-order valence-corrected chi connectivity index (χ2v) is 8.43. The summed E-state index contributed by atoms with van der Waals surface area (Å²) < 4.78 is 13.5. The number of nitrogens with zero attached hydrogens (tertiary/aromatic N) is 2. The Balaban J connectivity index is 1.47. The summed E-state index contributed by atoms with van der Waals surface area (Å²) in [5.41, 5.74) is 0.550. The molecule has 0 spiro atoms. The van der Waals surface area contributed by atoms with Crippen molar-refractivity contribution in [3.63, 3.8) is 0 Å². The quantitative estimate of drug-likeness (QED) is 0.672. The largest absolute Gasteiger partial charge is 0.372 e. The number of fused-ring (bicyclic) bond motifs is 1. The second kappa shape index (κ2) is 8.52. The molecule has 168 valence electrons. The predicted octanol–water partition coefficient (Wildman–Crippen LogP) is 2.56. The third kappa shape index (κ3) is 3.96. The average molecular weight is 460 g/mol. The standard InChI is InChI=1S/C23H23ClFN3O4/c1-2-20(29)28-7-5-15-11-18(3-4-19(15)28)27-8-6-23(32,22(27)31)21(30)26-13-14-9-16(24)12-17(25)10-14/h3-4,9-12,32H,2,5-8,13H2,1H3,(H,26,30)/t23-/m0/s1. The molecule has 2 aromatic carbocycles. The van der Waals surface area contributed by atoms with Gasteiger partial charge in [-0.15, -0.1) is 0 Å². The topological polar surface area (TPSA) is 89.9 Å². The highest BCUT2D eigenvalue weighted by molar-refractivity contribution is 6.30. The van der Waals surface area contributed by atoms with E-state index in [2.05, 4.69) is 5.32 Å². The van der Waals surface area contributed by atoms with E-state index in [4.69, 9.17) is 11.6 Å². The van der Waals surface area contributed by atoms with Crippen LogP contribution in [0.2, 0.25) is 5.02 Å². The van der Waals surface area contributed by atoms with Crippen molar-refractivity contribution >= 4 is 40.7 Å². The second-order valence-electron chi connectivity index (χ2n) is 7.99. The maximum atomic E-state index is 13.5. The first-order valence-electron chi connectivity index (χ1n) is 10.4. The molecule has 1 saturated heterocycles. The normalized spacial score (nSPS) is 19.9. The lowest BCUT2D eigenvalue weighted by Crippen LogP contribution is -2.52. The van der Waals surface area contributed by atoms with Gasteiger partial charge in [0.25, 0.3) is 11.8 Å². The number of benzene rings is 2. The molecule has 1 fully saturated rings. The van der Waals surface area contributed by atoms with Gasteiger partial charge in [0, 0.05) is 48.9 Å². The van der Waals surface area contributed by atoms with Crippen LogP contribution in [0.5, 0.6) is 0 Å². The van der Waals surface area contributed by atoms with E-state index in [0.29, 0.717) is 30.6 Å². The number of anilines is 2. The van der Waals surface area contributed by atoms with E-state index in [-0.39, 0.29) is 30.4 Å². The van der Waals surface area contributed by atoms with E-state index in [1.165, 1.54) is 17.0 Å². The van der Waals surface area contributed by atoms with Crippen molar-refractivity contribution in [3.8, 4) is 0 Å². The molecule has 0 saturated carbocycles. The lowest BCUT2D eigenvalue weighted by Gasteiger charge is -2.22. The van der Waals surface area contributed by atoms with Crippen LogP contribution in [0.25, 0.3) is 0 Å². The van der Waals surface area contributed by atoms with Crippen molar-refractivity contribution in [3.05, 3.63) is 58.4 Å². The van der Waals surface area contributed by atoms with Gasteiger partial charge in [-0.2, -0.15) is 0 Å². The zero-order chi connectivity index (χ0) is 23.0. The number of hydrogen-bond acceptors (Lipinski definition) is 4. The van der Waals surface area contributed by atoms with Crippen molar-refractivity contribution < 1.29 is 23.9 Å². The Morgan fingerprint density at radius 2 is 2.00 bits per heavy atom. The fourth-order valence-corrected chi connectivity index (χ4v) is 4.45. The summed E-state index contributed by atoms with van der Waals surface area (Å²) in [5.74, 6) is -2.06. The van der Waals surface area contributed by atoms with E-state index in [9.17, 15) is 23.9 Å². The van der Waals surface area contributed by atoms with Crippen molar-refractivity contribution in [2.45, 2.75) is 38.3 Å². The summed E-state index contributed by atoms with van der Waals surface area (Å²) in [5, 5.41) is 13.5. The summed E-state index contributed by atoms with van der Waals surface area (Å²) in [4.78, 5) is 40.8. The smallest absolute Gasteiger partial charge is 0.268 e. The molecule has 32 heavy (non-hydrogen) atoms. The summed E-state index contributed by atoms with van der Waals surface area (Å²) in [6.45, 7) is 2.50. The van der Waals surface area contributed by atoms with Crippen LogP contribution < -0.4 is 15.1 Å². The first-order valence-corrected chi connectivity index (χ1v) is 10.8. The first kappa shape index (κ1) is 22.2. The van der Waals surface area contributed by atoms with Gasteiger partial charge < -0.3 is 20.2 Å². The van der Waals surface area contributed by atoms with Gasteiger partial charge in [0.15, 0.2) is 0 Å². The third-order valence-corrected chi connectivity index (χ3v) is 6.14. The monoisotopic (exact) mass is 459 g/mol. The van der Waals surface area contributed by atoms with Crippen LogP contribution in [-0.2, 0) is 27.3 Å². The van der Waals surface area contributed by atoms with Crippen LogP contribution in [0.1, 0.15) is 30.9 Å². The summed E-state index contributed by atoms with van der Waals surface area (Å²) in [7, 11) is 0. The summed E-state index contributed by atoms with van der Waals surface area (Å²) in [6.07, 6.45) is 1.02. The van der Waals surface area contributed by atoms with Gasteiger partial charge in [-0.05, 0) is 53.9 Å². The molecule has 0 aromatic heterocycles. The molecule has 2 N–H and O–H groups in total. The van der Waals surface area contributed by atoms with Crippen molar-refractivity contribution in [1.82, 2.24) is 5.32 Å². The Labute approximate surface area is 189 Å². The molecule has 4 rings (SSSR count). The van der Waals surface area contributed by atoms with Crippen molar-refractivity contribution in [2.24, 2.45) is 0 Å². The molecule has 2 heterocycles. The van der Waals surface area contributed by atoms with Crippen molar-refractivity contribution in [1.29, 1.82) is 0 Å². The van der Waals surface area contributed by atoms with Crippen LogP contribution in [0.4, 0.5) is 15.8 Å². The van der Waals surface area contributed by atoms with Gasteiger partial charge in [0.05, 0.1) is 0 Å². The molecule has 9 heteroatoms. The van der Waals surface area contributed by atoms with Gasteiger partial charge in [0.1, 0.15) is 5.82 Å². The molecular formula is C23H23ClFN3O4. The minimum Gasteiger partial charge on any atom is -0.372 e. The Morgan fingerprint density at radius 3 is 2.72 bits per heavy atom.